The van der Waals surface area contributed by atoms with Crippen LogP contribution in [-0.4, -0.2) is 61.4 Å². The Hall–Kier alpha value is -2.12. The van der Waals surface area contributed by atoms with Crippen LogP contribution in [0.2, 0.25) is 0 Å². The molecule has 0 radical (unpaired) electrons. The molecule has 2 fully saturated rings. The van der Waals surface area contributed by atoms with Gasteiger partial charge in [0.05, 0.1) is 6.04 Å². The number of aryl methyl sites for hydroxylation is 1. The summed E-state index contributed by atoms with van der Waals surface area (Å²) in [7, 11) is 0. The number of nitrogens with one attached hydrogen (secondary N) is 2. The number of hydrogen-bond acceptors (Lipinski definition) is 4. The molecule has 2 atom stereocenters. The number of para-hydroxylation sites is 1. The van der Waals surface area contributed by atoms with E-state index in [1.54, 1.807) is 4.90 Å². The molecular weight excluding hydrogens is 404 g/mol. The number of carbonyl (C=O) groups is 3. The van der Waals surface area contributed by atoms with E-state index < -0.39 is 0 Å². The van der Waals surface area contributed by atoms with Crippen LogP contribution < -0.4 is 15.5 Å². The van der Waals surface area contributed by atoms with Crippen molar-refractivity contribution < 1.29 is 14.4 Å². The van der Waals surface area contributed by atoms with Gasteiger partial charge in [-0.2, -0.15) is 0 Å². The summed E-state index contributed by atoms with van der Waals surface area (Å²) in [5, 5.41) is 6.27. The Kier molecular flexibility index (Phi) is 7.72. The lowest BCUT2D eigenvalue weighted by Gasteiger charge is -2.35. The quantitative estimate of drug-likeness (QED) is 0.735. The molecule has 3 amide bonds. The lowest BCUT2D eigenvalue weighted by molar-refractivity contribution is -0.133. The Balaban J connectivity index is 0.00000256. The number of rotatable bonds is 5. The highest BCUT2D eigenvalue weighted by Gasteiger charge is 2.30. The van der Waals surface area contributed by atoms with E-state index in [4.69, 9.17) is 0 Å². The molecule has 2 saturated heterocycles. The van der Waals surface area contributed by atoms with Crippen molar-refractivity contribution in [1.29, 1.82) is 0 Å². The van der Waals surface area contributed by atoms with Crippen LogP contribution in [0.3, 0.4) is 0 Å². The van der Waals surface area contributed by atoms with Gasteiger partial charge < -0.3 is 20.4 Å². The number of benzene rings is 1. The molecule has 3 aliphatic heterocycles. The van der Waals surface area contributed by atoms with Crippen LogP contribution in [-0.2, 0) is 20.8 Å². The van der Waals surface area contributed by atoms with E-state index in [1.165, 1.54) is 0 Å². The summed E-state index contributed by atoms with van der Waals surface area (Å²) in [5.41, 5.74) is 1.99. The van der Waals surface area contributed by atoms with Crippen molar-refractivity contribution in [2.45, 2.75) is 44.6 Å². The highest BCUT2D eigenvalue weighted by molar-refractivity contribution is 6.01. The van der Waals surface area contributed by atoms with E-state index in [0.717, 1.165) is 56.4 Å². The number of carbonyl (C=O) groups excluding carboxylic acids is 3. The second-order valence-electron chi connectivity index (χ2n) is 8.35. The van der Waals surface area contributed by atoms with Gasteiger partial charge in [-0.3, -0.25) is 14.4 Å². The minimum atomic E-state index is -0.0680. The van der Waals surface area contributed by atoms with Crippen LogP contribution in [0.5, 0.6) is 0 Å². The molecule has 1 aromatic carbocycles. The molecule has 0 aromatic heterocycles. The van der Waals surface area contributed by atoms with E-state index in [9.17, 15) is 14.4 Å². The van der Waals surface area contributed by atoms with Gasteiger partial charge in [0.15, 0.2) is 0 Å². The number of nitrogens with zero attached hydrogens (tertiary/aromatic N) is 2. The second-order valence-corrected chi connectivity index (χ2v) is 8.35. The van der Waals surface area contributed by atoms with Gasteiger partial charge in [0, 0.05) is 31.7 Å². The van der Waals surface area contributed by atoms with Crippen LogP contribution in [0.4, 0.5) is 5.69 Å². The zero-order valence-corrected chi connectivity index (χ0v) is 18.1. The van der Waals surface area contributed by atoms with Crippen LogP contribution >= 0.6 is 12.4 Å². The molecule has 0 saturated carbocycles. The number of amides is 3. The van der Waals surface area contributed by atoms with Crippen molar-refractivity contribution in [3.63, 3.8) is 0 Å². The lowest BCUT2D eigenvalue weighted by atomic mass is 9.97. The Morgan fingerprint density at radius 2 is 1.97 bits per heavy atom. The summed E-state index contributed by atoms with van der Waals surface area (Å²) in [6.07, 6.45) is 5.07. The van der Waals surface area contributed by atoms with E-state index >= 15 is 0 Å². The standard InChI is InChI=1S/C22H30N4O3.ClH/c27-20-10-9-17-6-1-2-8-19(17)26(20)15-21(28)25-12-4-5-16(14-25)13-24-22(29)18-7-3-11-23-18;/h1-2,6,8,16,18,23H,3-5,7,9-15H2,(H,24,29);1H. The van der Waals surface area contributed by atoms with Crippen molar-refractivity contribution in [3.8, 4) is 0 Å². The average molecular weight is 435 g/mol. The third kappa shape index (κ3) is 5.13. The topological polar surface area (TPSA) is 81.8 Å². The summed E-state index contributed by atoms with van der Waals surface area (Å²) in [5.74, 6) is 0.342. The van der Waals surface area contributed by atoms with E-state index in [0.29, 0.717) is 19.5 Å². The number of anilines is 1. The number of likely N-dealkylation sites (tertiary alicyclic amines) is 1. The molecule has 1 aromatic rings. The van der Waals surface area contributed by atoms with Crippen molar-refractivity contribution >= 4 is 35.8 Å². The van der Waals surface area contributed by atoms with Gasteiger partial charge in [0.2, 0.25) is 17.7 Å². The fourth-order valence-electron chi connectivity index (χ4n) is 4.64. The minimum absolute atomic E-state index is 0. The first kappa shape index (κ1) is 22.6. The Labute approximate surface area is 184 Å². The number of hydrogen-bond donors (Lipinski definition) is 2. The maximum atomic E-state index is 12.9. The zero-order chi connectivity index (χ0) is 20.2. The summed E-state index contributed by atoms with van der Waals surface area (Å²) in [6.45, 7) is 2.97. The molecule has 8 heteroatoms. The fourth-order valence-corrected chi connectivity index (χ4v) is 4.64. The minimum Gasteiger partial charge on any atom is -0.354 e. The van der Waals surface area contributed by atoms with Gasteiger partial charge in [0.25, 0.3) is 0 Å². The zero-order valence-electron chi connectivity index (χ0n) is 17.3. The molecule has 164 valence electrons. The third-order valence-corrected chi connectivity index (χ3v) is 6.30. The van der Waals surface area contributed by atoms with Gasteiger partial charge in [-0.15, -0.1) is 12.4 Å². The molecule has 7 nitrogen and oxygen atoms in total. The third-order valence-electron chi connectivity index (χ3n) is 6.30. The smallest absolute Gasteiger partial charge is 0.242 e. The second kappa shape index (κ2) is 10.3. The first-order valence-corrected chi connectivity index (χ1v) is 10.8. The van der Waals surface area contributed by atoms with E-state index in [1.807, 2.05) is 29.2 Å². The molecular formula is C22H31ClN4O3. The first-order valence-electron chi connectivity index (χ1n) is 10.8. The van der Waals surface area contributed by atoms with E-state index in [2.05, 4.69) is 10.6 Å². The van der Waals surface area contributed by atoms with Crippen molar-refractivity contribution in [2.75, 3.05) is 37.6 Å². The Morgan fingerprint density at radius 1 is 1.13 bits per heavy atom. The maximum Gasteiger partial charge on any atom is 0.242 e. The van der Waals surface area contributed by atoms with Crippen LogP contribution in [0.15, 0.2) is 24.3 Å². The SMILES string of the molecule is Cl.O=C(NCC1CCCN(C(=O)CN2C(=O)CCc3ccccc32)C1)C1CCCN1. The highest BCUT2D eigenvalue weighted by Crippen LogP contribution is 2.27. The van der Waals surface area contributed by atoms with Crippen molar-refractivity contribution in [3.05, 3.63) is 29.8 Å². The number of fused-ring (bicyclic) bond motifs is 1. The number of piperidine rings is 1. The van der Waals surface area contributed by atoms with Gasteiger partial charge in [0.1, 0.15) is 6.54 Å². The normalized spacial score (nSPS) is 23.5. The summed E-state index contributed by atoms with van der Waals surface area (Å²) < 4.78 is 0. The molecule has 4 rings (SSSR count). The molecule has 0 aliphatic carbocycles. The van der Waals surface area contributed by atoms with Crippen molar-refractivity contribution in [2.24, 2.45) is 5.92 Å². The van der Waals surface area contributed by atoms with Gasteiger partial charge in [-0.25, -0.2) is 0 Å². The molecule has 30 heavy (non-hydrogen) atoms. The van der Waals surface area contributed by atoms with Gasteiger partial charge >= 0.3 is 0 Å². The largest absolute Gasteiger partial charge is 0.354 e. The van der Waals surface area contributed by atoms with Crippen LogP contribution in [0.1, 0.15) is 37.7 Å². The highest BCUT2D eigenvalue weighted by atomic mass is 35.5. The fraction of sp³-hybridized carbons (Fsp3) is 0.591. The lowest BCUT2D eigenvalue weighted by Crippen LogP contribution is -2.50. The predicted octanol–water partition coefficient (Wildman–Crippen LogP) is 1.49. The van der Waals surface area contributed by atoms with Gasteiger partial charge in [-0.1, -0.05) is 18.2 Å². The van der Waals surface area contributed by atoms with Crippen LogP contribution in [0, 0.1) is 5.92 Å². The van der Waals surface area contributed by atoms with E-state index in [-0.39, 0.29) is 48.6 Å². The summed E-state index contributed by atoms with van der Waals surface area (Å²) >= 11 is 0. The summed E-state index contributed by atoms with van der Waals surface area (Å²) in [6, 6.07) is 7.76. The predicted molar refractivity (Wildman–Crippen MR) is 118 cm³/mol. The molecule has 2 N–H and O–H groups in total. The molecule has 2 unspecified atom stereocenters. The molecule has 0 spiro atoms. The summed E-state index contributed by atoms with van der Waals surface area (Å²) in [4.78, 5) is 41.1. The molecule has 3 heterocycles. The maximum absolute atomic E-state index is 12.9. The monoisotopic (exact) mass is 434 g/mol. The first-order chi connectivity index (χ1) is 14.1. The Bertz CT molecular complexity index is 781. The van der Waals surface area contributed by atoms with Crippen LogP contribution in [0.25, 0.3) is 0 Å². The Morgan fingerprint density at radius 3 is 2.77 bits per heavy atom. The molecule has 3 aliphatic rings. The average Bonchev–Trinajstić information content (AvgIpc) is 3.29. The van der Waals surface area contributed by atoms with Gasteiger partial charge in [-0.05, 0) is 56.2 Å². The van der Waals surface area contributed by atoms with Crippen molar-refractivity contribution in [1.82, 2.24) is 15.5 Å². The number of halogens is 1. The molecule has 0 bridgehead atoms.